The van der Waals surface area contributed by atoms with E-state index in [9.17, 15) is 9.90 Å². The predicted octanol–water partition coefficient (Wildman–Crippen LogP) is 1.59. The van der Waals surface area contributed by atoms with Gasteiger partial charge in [0.2, 0.25) is 5.79 Å². The summed E-state index contributed by atoms with van der Waals surface area (Å²) in [5.41, 5.74) is 0. The number of esters is 1. The maximum Gasteiger partial charge on any atom is 0.316 e. The molecule has 86 valence electrons. The molecule has 4 nitrogen and oxygen atoms in total. The van der Waals surface area contributed by atoms with Crippen LogP contribution in [0.2, 0.25) is 0 Å². The van der Waals surface area contributed by atoms with Gasteiger partial charge in [-0.15, -0.1) is 6.58 Å². The molecule has 4 heteroatoms. The first-order chi connectivity index (χ1) is 6.96. The number of cyclic esters (lactones) is 1. The topological polar surface area (TPSA) is 55.8 Å². The molecule has 0 spiro atoms. The normalized spacial score (nSPS) is 29.7. The van der Waals surface area contributed by atoms with Crippen molar-refractivity contribution in [2.45, 2.75) is 45.2 Å². The van der Waals surface area contributed by atoms with Gasteiger partial charge in [0, 0.05) is 13.8 Å². The molecule has 1 aliphatic rings. The minimum Gasteiger partial charge on any atom is -0.433 e. The molecule has 0 bridgehead atoms. The van der Waals surface area contributed by atoms with Crippen LogP contribution in [0.1, 0.15) is 33.1 Å². The van der Waals surface area contributed by atoms with Crippen molar-refractivity contribution in [3.8, 4) is 0 Å². The van der Waals surface area contributed by atoms with Gasteiger partial charge in [0.15, 0.2) is 6.29 Å². The number of ether oxygens (including phenoxy) is 2. The summed E-state index contributed by atoms with van der Waals surface area (Å²) in [6.45, 7) is 6.81. The van der Waals surface area contributed by atoms with Crippen molar-refractivity contribution in [3.63, 3.8) is 0 Å². The lowest BCUT2D eigenvalue weighted by Gasteiger charge is -2.37. The van der Waals surface area contributed by atoms with Crippen LogP contribution in [0.5, 0.6) is 0 Å². The summed E-state index contributed by atoms with van der Waals surface area (Å²) in [4.78, 5) is 11.5. The van der Waals surface area contributed by atoms with Crippen LogP contribution in [0, 0.1) is 5.92 Å². The Morgan fingerprint density at radius 2 is 2.27 bits per heavy atom. The van der Waals surface area contributed by atoms with E-state index in [1.807, 2.05) is 0 Å². The lowest BCUT2D eigenvalue weighted by atomic mass is 10.00. The molecule has 1 fully saturated rings. The molecule has 0 saturated carbocycles. The van der Waals surface area contributed by atoms with E-state index in [1.165, 1.54) is 0 Å². The fourth-order valence-electron chi connectivity index (χ4n) is 1.57. The third kappa shape index (κ3) is 3.32. The number of hydrogen-bond acceptors (Lipinski definition) is 4. The molecule has 2 unspecified atom stereocenters. The highest BCUT2D eigenvalue weighted by atomic mass is 16.8. The fraction of sp³-hybridized carbons (Fsp3) is 0.727. The number of unbranched alkanes of at least 4 members (excludes halogenated alkanes) is 1. The molecule has 15 heavy (non-hydrogen) atoms. The van der Waals surface area contributed by atoms with Crippen LogP contribution >= 0.6 is 0 Å². The molecule has 1 aliphatic heterocycles. The Morgan fingerprint density at radius 3 is 2.80 bits per heavy atom. The quantitative estimate of drug-likeness (QED) is 0.438. The standard InChI is InChI=1S/C11H18O4/c1-4-5-6-7-8-9(12)14-11(2,3)15-10(8)13/h4,8-9,12H,1,5-7H2,2-3H3. The van der Waals surface area contributed by atoms with E-state index in [4.69, 9.17) is 9.47 Å². The van der Waals surface area contributed by atoms with E-state index >= 15 is 0 Å². The van der Waals surface area contributed by atoms with Gasteiger partial charge < -0.3 is 14.6 Å². The van der Waals surface area contributed by atoms with E-state index in [0.29, 0.717) is 6.42 Å². The number of aliphatic hydroxyl groups is 1. The van der Waals surface area contributed by atoms with Crippen molar-refractivity contribution in [3.05, 3.63) is 12.7 Å². The van der Waals surface area contributed by atoms with Gasteiger partial charge in [-0.05, 0) is 19.3 Å². The molecular weight excluding hydrogens is 196 g/mol. The van der Waals surface area contributed by atoms with Crippen LogP contribution in [-0.2, 0) is 14.3 Å². The summed E-state index contributed by atoms with van der Waals surface area (Å²) < 4.78 is 10.2. The molecular formula is C11H18O4. The second-order valence-corrected chi connectivity index (χ2v) is 4.16. The second-order valence-electron chi connectivity index (χ2n) is 4.16. The summed E-state index contributed by atoms with van der Waals surface area (Å²) >= 11 is 0. The molecule has 0 radical (unpaired) electrons. The van der Waals surface area contributed by atoms with Gasteiger partial charge in [0.1, 0.15) is 5.92 Å². The van der Waals surface area contributed by atoms with Crippen molar-refractivity contribution < 1.29 is 19.4 Å². The van der Waals surface area contributed by atoms with Gasteiger partial charge in [-0.3, -0.25) is 4.79 Å². The number of aliphatic hydroxyl groups excluding tert-OH is 1. The Kier molecular flexibility index (Phi) is 3.88. The van der Waals surface area contributed by atoms with Gasteiger partial charge in [-0.2, -0.15) is 0 Å². The highest BCUT2D eigenvalue weighted by Crippen LogP contribution is 2.28. The molecule has 0 amide bonds. The van der Waals surface area contributed by atoms with Gasteiger partial charge >= 0.3 is 5.97 Å². The number of hydrogen-bond donors (Lipinski definition) is 1. The van der Waals surface area contributed by atoms with Crippen molar-refractivity contribution in [2.24, 2.45) is 5.92 Å². The number of rotatable bonds is 4. The minimum atomic E-state index is -1.06. The van der Waals surface area contributed by atoms with E-state index in [2.05, 4.69) is 6.58 Å². The first-order valence-electron chi connectivity index (χ1n) is 5.16. The Bertz CT molecular complexity index is 247. The van der Waals surface area contributed by atoms with Crippen molar-refractivity contribution >= 4 is 5.97 Å². The van der Waals surface area contributed by atoms with E-state index in [0.717, 1.165) is 12.8 Å². The van der Waals surface area contributed by atoms with E-state index < -0.39 is 18.0 Å². The smallest absolute Gasteiger partial charge is 0.316 e. The van der Waals surface area contributed by atoms with Gasteiger partial charge in [0.05, 0.1) is 0 Å². The number of carbonyl (C=O) groups is 1. The maximum absolute atomic E-state index is 11.5. The van der Waals surface area contributed by atoms with Gasteiger partial charge in [0.25, 0.3) is 0 Å². The molecule has 2 atom stereocenters. The van der Waals surface area contributed by atoms with E-state index in [-0.39, 0.29) is 5.97 Å². The Hall–Kier alpha value is -0.870. The lowest BCUT2D eigenvalue weighted by Crippen LogP contribution is -2.48. The van der Waals surface area contributed by atoms with Crippen LogP contribution in [0.15, 0.2) is 12.7 Å². The first-order valence-corrected chi connectivity index (χ1v) is 5.16. The Balaban J connectivity index is 2.51. The number of allylic oxidation sites excluding steroid dienone is 1. The zero-order chi connectivity index (χ0) is 11.5. The zero-order valence-corrected chi connectivity index (χ0v) is 9.23. The molecule has 1 heterocycles. The summed E-state index contributed by atoms with van der Waals surface area (Å²) in [6, 6.07) is 0. The first kappa shape index (κ1) is 12.2. The van der Waals surface area contributed by atoms with Crippen molar-refractivity contribution in [2.75, 3.05) is 0 Å². The molecule has 1 N–H and O–H groups in total. The second kappa shape index (κ2) is 4.77. The van der Waals surface area contributed by atoms with E-state index in [1.54, 1.807) is 19.9 Å². The summed E-state index contributed by atoms with van der Waals surface area (Å²) in [5.74, 6) is -1.98. The van der Waals surface area contributed by atoms with Crippen molar-refractivity contribution in [1.82, 2.24) is 0 Å². The maximum atomic E-state index is 11.5. The highest BCUT2D eigenvalue weighted by Gasteiger charge is 2.41. The van der Waals surface area contributed by atoms with Crippen LogP contribution in [0.4, 0.5) is 0 Å². The largest absolute Gasteiger partial charge is 0.433 e. The molecule has 0 aromatic carbocycles. The molecule has 0 aromatic heterocycles. The Labute approximate surface area is 89.9 Å². The van der Waals surface area contributed by atoms with Gasteiger partial charge in [-0.25, -0.2) is 0 Å². The molecule has 0 aromatic rings. The summed E-state index contributed by atoms with van der Waals surface area (Å²) in [6.07, 6.45) is 2.89. The van der Waals surface area contributed by atoms with Crippen LogP contribution in [-0.4, -0.2) is 23.2 Å². The highest BCUT2D eigenvalue weighted by molar-refractivity contribution is 5.73. The predicted molar refractivity (Wildman–Crippen MR) is 54.8 cm³/mol. The van der Waals surface area contributed by atoms with Crippen molar-refractivity contribution in [1.29, 1.82) is 0 Å². The Morgan fingerprint density at radius 1 is 1.60 bits per heavy atom. The van der Waals surface area contributed by atoms with Crippen LogP contribution in [0.25, 0.3) is 0 Å². The third-order valence-electron chi connectivity index (χ3n) is 2.32. The number of carbonyl (C=O) groups excluding carboxylic acids is 1. The van der Waals surface area contributed by atoms with Crippen LogP contribution in [0.3, 0.4) is 0 Å². The fourth-order valence-corrected chi connectivity index (χ4v) is 1.57. The van der Waals surface area contributed by atoms with Crippen LogP contribution < -0.4 is 0 Å². The average Bonchev–Trinajstić information content (AvgIpc) is 2.08. The molecule has 1 saturated heterocycles. The zero-order valence-electron chi connectivity index (χ0n) is 9.23. The molecule has 1 rings (SSSR count). The summed E-state index contributed by atoms with van der Waals surface area (Å²) in [5, 5.41) is 9.63. The summed E-state index contributed by atoms with van der Waals surface area (Å²) in [7, 11) is 0. The average molecular weight is 214 g/mol. The third-order valence-corrected chi connectivity index (χ3v) is 2.32. The minimum absolute atomic E-state index is 0.386. The molecule has 0 aliphatic carbocycles. The van der Waals surface area contributed by atoms with Gasteiger partial charge in [-0.1, -0.05) is 6.08 Å². The SMILES string of the molecule is C=CCCCC1C(=O)OC(C)(C)OC1O. The monoisotopic (exact) mass is 214 g/mol. The lowest BCUT2D eigenvalue weighted by molar-refractivity contribution is -0.315.